The minimum atomic E-state index is -0.434. The molecule has 0 saturated heterocycles. The van der Waals surface area contributed by atoms with Crippen molar-refractivity contribution in [3.05, 3.63) is 54.0 Å². The second-order valence-corrected chi connectivity index (χ2v) is 5.71. The van der Waals surface area contributed by atoms with Gasteiger partial charge in [-0.05, 0) is 24.3 Å². The number of nitrogens with one attached hydrogen (secondary N) is 3. The van der Waals surface area contributed by atoms with Gasteiger partial charge in [-0.1, -0.05) is 26.0 Å². The lowest BCUT2D eigenvalue weighted by atomic mass is 10.2. The van der Waals surface area contributed by atoms with Gasteiger partial charge in [-0.2, -0.15) is 0 Å². The van der Waals surface area contributed by atoms with E-state index < -0.39 is 5.82 Å². The lowest BCUT2D eigenvalue weighted by Gasteiger charge is -2.12. The van der Waals surface area contributed by atoms with E-state index in [9.17, 15) is 14.0 Å². The molecule has 0 bridgehead atoms. The number of hydrogen-bond donors (Lipinski definition) is 3. The van der Waals surface area contributed by atoms with Crippen molar-refractivity contribution in [2.45, 2.75) is 13.8 Å². The largest absolute Gasteiger partial charge is 0.354 e. The number of nitrogens with zero attached hydrogens (tertiary/aromatic N) is 1. The Bertz CT molecular complexity index is 749. The second-order valence-electron chi connectivity index (χ2n) is 5.71. The summed E-state index contributed by atoms with van der Waals surface area (Å²) in [6.07, 6.45) is 1.52. The van der Waals surface area contributed by atoms with Gasteiger partial charge in [-0.15, -0.1) is 0 Å². The number of para-hydroxylation sites is 1. The molecule has 0 spiro atoms. The molecular weight excluding hydrogens is 323 g/mol. The van der Waals surface area contributed by atoms with Gasteiger partial charge >= 0.3 is 0 Å². The zero-order valence-corrected chi connectivity index (χ0v) is 14.2. The lowest BCUT2D eigenvalue weighted by Crippen LogP contribution is -2.36. The Hall–Kier alpha value is -2.96. The van der Waals surface area contributed by atoms with Crippen LogP contribution < -0.4 is 16.0 Å². The Kier molecular flexibility index (Phi) is 6.45. The molecule has 0 radical (unpaired) electrons. The van der Waals surface area contributed by atoms with Crippen LogP contribution in [-0.2, 0) is 4.79 Å². The summed E-state index contributed by atoms with van der Waals surface area (Å²) in [5, 5.41) is 8.25. The van der Waals surface area contributed by atoms with Gasteiger partial charge in [0.2, 0.25) is 5.91 Å². The highest BCUT2D eigenvalue weighted by atomic mass is 19.1. The first kappa shape index (κ1) is 18.4. The summed E-state index contributed by atoms with van der Waals surface area (Å²) >= 11 is 0. The van der Waals surface area contributed by atoms with Crippen LogP contribution in [0.5, 0.6) is 0 Å². The average Bonchev–Trinajstić information content (AvgIpc) is 2.60. The van der Waals surface area contributed by atoms with E-state index in [4.69, 9.17) is 0 Å². The van der Waals surface area contributed by atoms with Gasteiger partial charge in [0.1, 0.15) is 11.6 Å². The number of rotatable bonds is 7. The van der Waals surface area contributed by atoms with Crippen LogP contribution in [0.1, 0.15) is 24.2 Å². The third-order valence-corrected chi connectivity index (χ3v) is 3.41. The maximum Gasteiger partial charge on any atom is 0.255 e. The van der Waals surface area contributed by atoms with Crippen molar-refractivity contribution in [1.29, 1.82) is 0 Å². The fourth-order valence-corrected chi connectivity index (χ4v) is 2.04. The minimum absolute atomic E-state index is 0.0717. The molecular formula is C18H21FN4O2. The first-order valence-electron chi connectivity index (χ1n) is 8.01. The van der Waals surface area contributed by atoms with Crippen molar-refractivity contribution >= 4 is 23.3 Å². The Morgan fingerprint density at radius 1 is 1.08 bits per heavy atom. The van der Waals surface area contributed by atoms with Crippen molar-refractivity contribution in [2.24, 2.45) is 5.92 Å². The quantitative estimate of drug-likeness (QED) is 0.674. The van der Waals surface area contributed by atoms with Crippen LogP contribution >= 0.6 is 0 Å². The number of carbonyl (C=O) groups is 2. The van der Waals surface area contributed by atoms with E-state index in [0.717, 1.165) is 0 Å². The van der Waals surface area contributed by atoms with Gasteiger partial charge in [0.05, 0.1) is 11.3 Å². The van der Waals surface area contributed by atoms with Crippen LogP contribution in [0.25, 0.3) is 0 Å². The molecule has 2 amide bonds. The number of amides is 2. The van der Waals surface area contributed by atoms with E-state index in [1.807, 2.05) is 0 Å². The number of aromatic nitrogens is 1. The highest BCUT2D eigenvalue weighted by Gasteiger charge is 2.13. The Morgan fingerprint density at radius 2 is 1.80 bits per heavy atom. The van der Waals surface area contributed by atoms with Crippen molar-refractivity contribution in [1.82, 2.24) is 15.6 Å². The van der Waals surface area contributed by atoms with Crippen molar-refractivity contribution < 1.29 is 14.0 Å². The van der Waals surface area contributed by atoms with E-state index in [-0.39, 0.29) is 35.8 Å². The summed E-state index contributed by atoms with van der Waals surface area (Å²) in [5.41, 5.74) is 0.528. The molecule has 2 aromatic rings. The second kappa shape index (κ2) is 8.77. The van der Waals surface area contributed by atoms with Crippen LogP contribution in [0.15, 0.2) is 42.6 Å². The molecule has 0 saturated carbocycles. The summed E-state index contributed by atoms with van der Waals surface area (Å²) < 4.78 is 13.8. The molecule has 0 aliphatic heterocycles. The van der Waals surface area contributed by atoms with E-state index in [1.165, 1.54) is 12.3 Å². The monoisotopic (exact) mass is 344 g/mol. The molecule has 0 aliphatic carbocycles. The molecule has 132 valence electrons. The van der Waals surface area contributed by atoms with E-state index in [1.54, 1.807) is 44.2 Å². The predicted octanol–water partition coefficient (Wildman–Crippen LogP) is 2.47. The standard InChI is InChI=1S/C18H21FN4O2/c1-12(2)17(24)21-10-11-22-18(25)13-6-5-9-20-16(13)23-15-8-4-3-7-14(15)19/h3-9,12H,10-11H2,1-2H3,(H,20,23)(H,21,24)(H,22,25). The summed E-state index contributed by atoms with van der Waals surface area (Å²) in [7, 11) is 0. The molecule has 1 heterocycles. The van der Waals surface area contributed by atoms with E-state index >= 15 is 0 Å². The Morgan fingerprint density at radius 3 is 2.52 bits per heavy atom. The smallest absolute Gasteiger partial charge is 0.255 e. The minimum Gasteiger partial charge on any atom is -0.354 e. The third kappa shape index (κ3) is 5.27. The lowest BCUT2D eigenvalue weighted by molar-refractivity contribution is -0.123. The maximum atomic E-state index is 13.8. The molecule has 0 aliphatic rings. The molecule has 25 heavy (non-hydrogen) atoms. The number of hydrogen-bond acceptors (Lipinski definition) is 4. The number of anilines is 2. The van der Waals surface area contributed by atoms with Gasteiger partial charge in [0.25, 0.3) is 5.91 Å². The normalized spacial score (nSPS) is 10.4. The van der Waals surface area contributed by atoms with Crippen molar-refractivity contribution in [2.75, 3.05) is 18.4 Å². The fraction of sp³-hybridized carbons (Fsp3) is 0.278. The molecule has 0 atom stereocenters. The SMILES string of the molecule is CC(C)C(=O)NCCNC(=O)c1cccnc1Nc1ccccc1F. The number of pyridine rings is 1. The Balaban J connectivity index is 1.98. The molecule has 3 N–H and O–H groups in total. The van der Waals surface area contributed by atoms with Crippen molar-refractivity contribution in [3.8, 4) is 0 Å². The summed E-state index contributed by atoms with van der Waals surface area (Å²) in [6, 6.07) is 9.37. The van der Waals surface area contributed by atoms with E-state index in [2.05, 4.69) is 20.9 Å². The number of benzene rings is 1. The zero-order valence-electron chi connectivity index (χ0n) is 14.2. The molecule has 7 heteroatoms. The predicted molar refractivity (Wildman–Crippen MR) is 94.1 cm³/mol. The van der Waals surface area contributed by atoms with Gasteiger partial charge in [0, 0.05) is 25.2 Å². The highest BCUT2D eigenvalue weighted by molar-refractivity contribution is 5.99. The van der Waals surface area contributed by atoms with Crippen LogP contribution in [0, 0.1) is 11.7 Å². The summed E-state index contributed by atoms with van der Waals surface area (Å²) in [4.78, 5) is 27.9. The van der Waals surface area contributed by atoms with Gasteiger partial charge < -0.3 is 16.0 Å². The average molecular weight is 344 g/mol. The Labute approximate surface area is 145 Å². The van der Waals surface area contributed by atoms with Crippen molar-refractivity contribution in [3.63, 3.8) is 0 Å². The van der Waals surface area contributed by atoms with Crippen LogP contribution in [0.3, 0.4) is 0 Å². The fourth-order valence-electron chi connectivity index (χ4n) is 2.04. The topological polar surface area (TPSA) is 83.1 Å². The highest BCUT2D eigenvalue weighted by Crippen LogP contribution is 2.20. The molecule has 1 aromatic carbocycles. The molecule has 0 unspecified atom stereocenters. The zero-order chi connectivity index (χ0) is 18.2. The van der Waals surface area contributed by atoms with Gasteiger partial charge in [-0.25, -0.2) is 9.37 Å². The van der Waals surface area contributed by atoms with Crippen LogP contribution in [0.2, 0.25) is 0 Å². The van der Waals surface area contributed by atoms with Gasteiger partial charge in [0.15, 0.2) is 0 Å². The van der Waals surface area contributed by atoms with Gasteiger partial charge in [-0.3, -0.25) is 9.59 Å². The van der Waals surface area contributed by atoms with Crippen LogP contribution in [0.4, 0.5) is 15.9 Å². The molecule has 0 fully saturated rings. The van der Waals surface area contributed by atoms with Crippen LogP contribution in [-0.4, -0.2) is 29.9 Å². The molecule has 2 rings (SSSR count). The first-order chi connectivity index (χ1) is 12.0. The third-order valence-electron chi connectivity index (χ3n) is 3.41. The summed E-state index contributed by atoms with van der Waals surface area (Å²) in [5.74, 6) is -0.707. The van der Waals surface area contributed by atoms with E-state index in [0.29, 0.717) is 12.1 Å². The maximum absolute atomic E-state index is 13.8. The number of carbonyl (C=O) groups excluding carboxylic acids is 2. The summed E-state index contributed by atoms with van der Waals surface area (Å²) in [6.45, 7) is 4.21. The number of halogens is 1. The molecule has 6 nitrogen and oxygen atoms in total. The molecule has 1 aromatic heterocycles. The first-order valence-corrected chi connectivity index (χ1v) is 8.01.